The van der Waals surface area contributed by atoms with Gasteiger partial charge in [0.15, 0.2) is 0 Å². The van der Waals surface area contributed by atoms with Crippen molar-refractivity contribution >= 4 is 5.91 Å². The van der Waals surface area contributed by atoms with Gasteiger partial charge in [0, 0.05) is 0 Å². The molecule has 0 aromatic rings. The minimum Gasteiger partial charge on any atom is -0.394 e. The highest BCUT2D eigenvalue weighted by Gasteiger charge is 2.20. The van der Waals surface area contributed by atoms with E-state index in [4.69, 9.17) is 0 Å². The lowest BCUT2D eigenvalue weighted by molar-refractivity contribution is -0.124. The van der Waals surface area contributed by atoms with E-state index in [-0.39, 0.29) is 18.9 Å². The first-order valence-electron chi connectivity index (χ1n) is 18.4. The van der Waals surface area contributed by atoms with Crippen LogP contribution in [-0.2, 0) is 4.79 Å². The zero-order valence-electron chi connectivity index (χ0n) is 28.8. The number of hydrogen-bond acceptors (Lipinski definition) is 4. The summed E-state index contributed by atoms with van der Waals surface area (Å²) in [6.07, 6.45) is 42.3. The SMILES string of the molecule is CCCC/C=C/CC/C=C/CC/C=C/C(O)C(CO)NC(=O)CC(O)CCCCCCC/C=C\CCCCCCCCCC. The van der Waals surface area contributed by atoms with Gasteiger partial charge in [0.25, 0.3) is 0 Å². The second kappa shape index (κ2) is 34.2. The van der Waals surface area contributed by atoms with Crippen LogP contribution in [0.15, 0.2) is 48.6 Å². The summed E-state index contributed by atoms with van der Waals surface area (Å²) in [6, 6.07) is -0.768. The van der Waals surface area contributed by atoms with Gasteiger partial charge in [0.05, 0.1) is 31.3 Å². The second-order valence-corrected chi connectivity index (χ2v) is 12.5. The number of unbranched alkanes of at least 4 members (excludes halogenated alkanes) is 17. The summed E-state index contributed by atoms with van der Waals surface area (Å²) in [4.78, 5) is 12.3. The Balaban J connectivity index is 3.80. The maximum absolute atomic E-state index is 12.3. The summed E-state index contributed by atoms with van der Waals surface area (Å²) in [7, 11) is 0. The Labute approximate surface area is 272 Å². The third-order valence-electron chi connectivity index (χ3n) is 8.07. The summed E-state index contributed by atoms with van der Waals surface area (Å²) in [5.74, 6) is -0.338. The largest absolute Gasteiger partial charge is 0.394 e. The summed E-state index contributed by atoms with van der Waals surface area (Å²) >= 11 is 0. The topological polar surface area (TPSA) is 89.8 Å². The number of carbonyl (C=O) groups excluding carboxylic acids is 1. The average Bonchev–Trinajstić information content (AvgIpc) is 3.01. The van der Waals surface area contributed by atoms with Crippen LogP contribution in [0.1, 0.15) is 168 Å². The van der Waals surface area contributed by atoms with Crippen molar-refractivity contribution in [1.82, 2.24) is 5.32 Å². The highest BCUT2D eigenvalue weighted by Crippen LogP contribution is 2.13. The third kappa shape index (κ3) is 30.3. The van der Waals surface area contributed by atoms with Crippen LogP contribution in [0.5, 0.6) is 0 Å². The number of allylic oxidation sites excluding steroid dienone is 7. The molecule has 0 bridgehead atoms. The van der Waals surface area contributed by atoms with E-state index >= 15 is 0 Å². The van der Waals surface area contributed by atoms with Gasteiger partial charge in [-0.25, -0.2) is 0 Å². The first-order chi connectivity index (χ1) is 21.5. The standard InChI is InChI=1S/C39H71NO4/c1-3-5-7-9-11-13-15-17-18-19-20-21-22-24-26-28-30-32-36(42)34-39(44)40-37(35-41)38(43)33-31-29-27-25-23-16-14-12-10-8-6-4-2/h10,12,19-20,23,25,31,33,36-38,41-43H,3-9,11,13-18,21-22,24,26-30,32,34-35H2,1-2H3,(H,40,44)/b12-10+,20-19-,25-23+,33-31+. The van der Waals surface area contributed by atoms with Crippen LogP contribution in [0.2, 0.25) is 0 Å². The smallest absolute Gasteiger partial charge is 0.222 e. The van der Waals surface area contributed by atoms with E-state index in [1.807, 2.05) is 6.08 Å². The van der Waals surface area contributed by atoms with Crippen molar-refractivity contribution in [2.75, 3.05) is 6.61 Å². The molecule has 0 spiro atoms. The van der Waals surface area contributed by atoms with E-state index in [2.05, 4.69) is 55.6 Å². The van der Waals surface area contributed by atoms with Crippen LogP contribution in [0, 0.1) is 0 Å². The van der Waals surface area contributed by atoms with Crippen LogP contribution in [0.25, 0.3) is 0 Å². The molecule has 0 aromatic heterocycles. The van der Waals surface area contributed by atoms with Gasteiger partial charge in [-0.1, -0.05) is 146 Å². The van der Waals surface area contributed by atoms with E-state index in [9.17, 15) is 20.1 Å². The number of aliphatic hydroxyl groups is 3. The first-order valence-corrected chi connectivity index (χ1v) is 18.4. The molecular weight excluding hydrogens is 546 g/mol. The molecule has 0 aliphatic rings. The highest BCUT2D eigenvalue weighted by molar-refractivity contribution is 5.76. The Morgan fingerprint density at radius 3 is 1.52 bits per heavy atom. The maximum atomic E-state index is 12.3. The van der Waals surface area contributed by atoms with Crippen molar-refractivity contribution < 1.29 is 20.1 Å². The molecular formula is C39H71NO4. The van der Waals surface area contributed by atoms with Crippen LogP contribution in [0.4, 0.5) is 0 Å². The minimum atomic E-state index is -0.960. The molecule has 0 saturated heterocycles. The Kier molecular flexibility index (Phi) is 32.9. The molecule has 0 rings (SSSR count). The van der Waals surface area contributed by atoms with Gasteiger partial charge in [-0.2, -0.15) is 0 Å². The predicted molar refractivity (Wildman–Crippen MR) is 190 cm³/mol. The van der Waals surface area contributed by atoms with Crippen LogP contribution < -0.4 is 5.32 Å². The molecule has 0 radical (unpaired) electrons. The van der Waals surface area contributed by atoms with Gasteiger partial charge < -0.3 is 20.6 Å². The summed E-state index contributed by atoms with van der Waals surface area (Å²) in [6.45, 7) is 4.12. The average molecular weight is 618 g/mol. The van der Waals surface area contributed by atoms with Gasteiger partial charge in [0.1, 0.15) is 0 Å². The van der Waals surface area contributed by atoms with E-state index in [1.165, 1.54) is 89.9 Å². The molecule has 3 atom stereocenters. The lowest BCUT2D eigenvalue weighted by Crippen LogP contribution is -2.45. The van der Waals surface area contributed by atoms with E-state index in [1.54, 1.807) is 6.08 Å². The second-order valence-electron chi connectivity index (χ2n) is 12.5. The van der Waals surface area contributed by atoms with Crippen LogP contribution in [0.3, 0.4) is 0 Å². The van der Waals surface area contributed by atoms with Crippen molar-refractivity contribution in [3.05, 3.63) is 48.6 Å². The zero-order valence-corrected chi connectivity index (χ0v) is 28.8. The number of aliphatic hydroxyl groups excluding tert-OH is 3. The molecule has 4 N–H and O–H groups in total. The van der Waals surface area contributed by atoms with Crippen molar-refractivity contribution in [1.29, 1.82) is 0 Å². The van der Waals surface area contributed by atoms with Gasteiger partial charge in [-0.05, 0) is 64.2 Å². The molecule has 3 unspecified atom stereocenters. The number of carbonyl (C=O) groups is 1. The molecule has 0 heterocycles. The van der Waals surface area contributed by atoms with Gasteiger partial charge in [-0.3, -0.25) is 4.79 Å². The van der Waals surface area contributed by atoms with E-state index in [0.29, 0.717) is 6.42 Å². The molecule has 0 aliphatic carbocycles. The monoisotopic (exact) mass is 618 g/mol. The van der Waals surface area contributed by atoms with Crippen molar-refractivity contribution in [2.24, 2.45) is 0 Å². The molecule has 5 heteroatoms. The lowest BCUT2D eigenvalue weighted by Gasteiger charge is -2.20. The molecule has 0 fully saturated rings. The molecule has 5 nitrogen and oxygen atoms in total. The first kappa shape index (κ1) is 42.3. The molecule has 0 aromatic carbocycles. The minimum absolute atomic E-state index is 0.00479. The fourth-order valence-corrected chi connectivity index (χ4v) is 5.17. The lowest BCUT2D eigenvalue weighted by atomic mass is 10.0. The van der Waals surface area contributed by atoms with Crippen molar-refractivity contribution in [3.63, 3.8) is 0 Å². The summed E-state index contributed by atoms with van der Waals surface area (Å²) in [5.41, 5.74) is 0. The molecule has 0 aliphatic heterocycles. The number of nitrogens with one attached hydrogen (secondary N) is 1. The molecule has 256 valence electrons. The number of hydrogen-bond donors (Lipinski definition) is 4. The molecule has 1 amide bonds. The number of rotatable bonds is 32. The number of amides is 1. The van der Waals surface area contributed by atoms with Crippen LogP contribution >= 0.6 is 0 Å². The Morgan fingerprint density at radius 1 is 0.568 bits per heavy atom. The maximum Gasteiger partial charge on any atom is 0.222 e. The molecule has 44 heavy (non-hydrogen) atoms. The summed E-state index contributed by atoms with van der Waals surface area (Å²) < 4.78 is 0. The van der Waals surface area contributed by atoms with Gasteiger partial charge in [-0.15, -0.1) is 0 Å². The zero-order chi connectivity index (χ0) is 32.4. The van der Waals surface area contributed by atoms with Gasteiger partial charge >= 0.3 is 0 Å². The quantitative estimate of drug-likeness (QED) is 0.0447. The van der Waals surface area contributed by atoms with Crippen molar-refractivity contribution in [3.8, 4) is 0 Å². The Hall–Kier alpha value is -1.69. The normalized spacial score (nSPS) is 14.4. The Bertz CT molecular complexity index is 730. The van der Waals surface area contributed by atoms with Gasteiger partial charge in [0.2, 0.25) is 5.91 Å². The van der Waals surface area contributed by atoms with E-state index < -0.39 is 18.2 Å². The fourth-order valence-electron chi connectivity index (χ4n) is 5.17. The third-order valence-corrected chi connectivity index (χ3v) is 8.07. The summed E-state index contributed by atoms with van der Waals surface area (Å²) in [5, 5.41) is 33.0. The van der Waals surface area contributed by atoms with Crippen molar-refractivity contribution in [2.45, 2.75) is 186 Å². The Morgan fingerprint density at radius 2 is 1.00 bits per heavy atom. The predicted octanol–water partition coefficient (Wildman–Crippen LogP) is 9.81. The fraction of sp³-hybridized carbons (Fsp3) is 0.769. The van der Waals surface area contributed by atoms with Crippen LogP contribution in [-0.4, -0.2) is 46.1 Å². The van der Waals surface area contributed by atoms with E-state index in [0.717, 1.165) is 51.4 Å². The molecule has 0 saturated carbocycles. The highest BCUT2D eigenvalue weighted by atomic mass is 16.3.